The first-order valence-electron chi connectivity index (χ1n) is 11.9. The maximum Gasteiger partial charge on any atom is 0.291 e. The van der Waals surface area contributed by atoms with Crippen LogP contribution in [0.5, 0.6) is 5.75 Å². The zero-order chi connectivity index (χ0) is 24.4. The van der Waals surface area contributed by atoms with Crippen LogP contribution < -0.4 is 10.2 Å². The normalized spacial score (nSPS) is 15.0. The minimum absolute atomic E-state index is 0.0834. The van der Waals surface area contributed by atoms with Gasteiger partial charge in [0.25, 0.3) is 5.91 Å². The molecule has 1 unspecified atom stereocenters. The minimum Gasteiger partial charge on any atom is -0.494 e. The van der Waals surface area contributed by atoms with Gasteiger partial charge in [-0.25, -0.2) is 0 Å². The number of halogens is 1. The number of unbranched alkanes of at least 4 members (excludes halogenated alkanes) is 2. The number of carbonyl (C=O) groups excluding carboxylic acids is 1. The summed E-state index contributed by atoms with van der Waals surface area (Å²) in [5.74, 6) is 0.462. The van der Waals surface area contributed by atoms with E-state index in [9.17, 15) is 9.59 Å². The van der Waals surface area contributed by atoms with E-state index in [1.165, 1.54) is 0 Å². The molecule has 0 N–H and O–H groups in total. The Morgan fingerprint density at radius 2 is 1.77 bits per heavy atom. The van der Waals surface area contributed by atoms with E-state index in [4.69, 9.17) is 20.8 Å². The lowest BCUT2D eigenvalue weighted by Gasteiger charge is -2.26. The monoisotopic (exact) mass is 487 g/mol. The lowest BCUT2D eigenvalue weighted by Crippen LogP contribution is -2.29. The minimum atomic E-state index is -0.617. The Morgan fingerprint density at radius 1 is 0.971 bits per heavy atom. The summed E-state index contributed by atoms with van der Waals surface area (Å²) in [4.78, 5) is 28.9. The van der Waals surface area contributed by atoms with Gasteiger partial charge in [0, 0.05) is 11.6 Å². The van der Waals surface area contributed by atoms with E-state index in [-0.39, 0.29) is 23.6 Å². The van der Waals surface area contributed by atoms with Gasteiger partial charge in [-0.05, 0) is 47.9 Å². The molecule has 0 spiro atoms. The van der Waals surface area contributed by atoms with Gasteiger partial charge < -0.3 is 14.1 Å². The third-order valence-electron chi connectivity index (χ3n) is 6.36. The maximum absolute atomic E-state index is 13.6. The highest BCUT2D eigenvalue weighted by atomic mass is 35.5. The summed E-state index contributed by atoms with van der Waals surface area (Å²) in [5.41, 5.74) is 2.14. The Labute approximate surface area is 208 Å². The van der Waals surface area contributed by atoms with Gasteiger partial charge in [-0.3, -0.25) is 9.59 Å². The molecule has 1 amide bonds. The molecule has 0 saturated heterocycles. The van der Waals surface area contributed by atoms with E-state index in [0.29, 0.717) is 33.9 Å². The Hall–Kier alpha value is -3.57. The highest BCUT2D eigenvalue weighted by Crippen LogP contribution is 2.40. The summed E-state index contributed by atoms with van der Waals surface area (Å²) >= 11 is 6.44. The van der Waals surface area contributed by atoms with Gasteiger partial charge in [0.15, 0.2) is 5.43 Å². The third kappa shape index (κ3) is 4.44. The smallest absolute Gasteiger partial charge is 0.291 e. The largest absolute Gasteiger partial charge is 0.494 e. The molecule has 6 heteroatoms. The van der Waals surface area contributed by atoms with Gasteiger partial charge in [-0.1, -0.05) is 73.8 Å². The third-order valence-corrected chi connectivity index (χ3v) is 6.73. The molecular formula is C29H26ClNO4. The molecule has 1 aromatic heterocycles. The van der Waals surface area contributed by atoms with E-state index in [1.807, 2.05) is 42.5 Å². The average molecular weight is 488 g/mol. The zero-order valence-electron chi connectivity index (χ0n) is 19.5. The van der Waals surface area contributed by atoms with Gasteiger partial charge in [-0.2, -0.15) is 0 Å². The van der Waals surface area contributed by atoms with E-state index in [0.717, 1.165) is 30.4 Å². The average Bonchev–Trinajstić information content (AvgIpc) is 3.15. The Kier molecular flexibility index (Phi) is 6.60. The van der Waals surface area contributed by atoms with Crippen molar-refractivity contribution in [2.75, 3.05) is 6.61 Å². The molecule has 5 nitrogen and oxygen atoms in total. The van der Waals surface area contributed by atoms with Gasteiger partial charge in [0.1, 0.15) is 11.3 Å². The van der Waals surface area contributed by atoms with Crippen LogP contribution in [0.1, 0.15) is 59.5 Å². The Bertz CT molecular complexity index is 1440. The van der Waals surface area contributed by atoms with Crippen LogP contribution in [0.4, 0.5) is 0 Å². The van der Waals surface area contributed by atoms with Crippen molar-refractivity contribution in [2.24, 2.45) is 0 Å². The zero-order valence-corrected chi connectivity index (χ0v) is 20.3. The van der Waals surface area contributed by atoms with Crippen LogP contribution >= 0.6 is 11.6 Å². The fraction of sp³-hybridized carbons (Fsp3) is 0.241. The lowest BCUT2D eigenvalue weighted by atomic mass is 9.98. The van der Waals surface area contributed by atoms with Crippen molar-refractivity contribution in [3.63, 3.8) is 0 Å². The van der Waals surface area contributed by atoms with E-state index < -0.39 is 6.04 Å². The number of para-hydroxylation sites is 1. The number of fused-ring (bicyclic) bond motifs is 2. The first-order valence-corrected chi connectivity index (χ1v) is 12.3. The Balaban J connectivity index is 1.61. The van der Waals surface area contributed by atoms with Crippen molar-refractivity contribution in [3.8, 4) is 5.75 Å². The summed E-state index contributed by atoms with van der Waals surface area (Å²) in [6.45, 7) is 3.01. The molecule has 0 radical (unpaired) electrons. The second-order valence-electron chi connectivity index (χ2n) is 8.73. The van der Waals surface area contributed by atoms with Crippen LogP contribution in [-0.4, -0.2) is 17.4 Å². The molecule has 0 bridgehead atoms. The second kappa shape index (κ2) is 9.96. The molecule has 35 heavy (non-hydrogen) atoms. The van der Waals surface area contributed by atoms with E-state index in [1.54, 1.807) is 35.2 Å². The van der Waals surface area contributed by atoms with Crippen molar-refractivity contribution < 1.29 is 13.9 Å². The number of benzene rings is 3. The fourth-order valence-corrected chi connectivity index (χ4v) is 4.80. The SMILES string of the molecule is CCCCCOc1cccc(C2c3c(oc4ccccc4c3=O)C(=O)N2Cc2ccccc2Cl)c1. The van der Waals surface area contributed by atoms with Crippen LogP contribution in [0.25, 0.3) is 11.0 Å². The van der Waals surface area contributed by atoms with Crippen molar-refractivity contribution in [1.29, 1.82) is 0 Å². The molecule has 1 atom stereocenters. The van der Waals surface area contributed by atoms with Crippen molar-refractivity contribution in [3.05, 3.63) is 110 Å². The number of amides is 1. The van der Waals surface area contributed by atoms with E-state index >= 15 is 0 Å². The van der Waals surface area contributed by atoms with E-state index in [2.05, 4.69) is 6.92 Å². The molecule has 178 valence electrons. The summed E-state index contributed by atoms with van der Waals surface area (Å²) in [7, 11) is 0. The molecule has 1 aliphatic rings. The number of nitrogens with zero attached hydrogens (tertiary/aromatic N) is 1. The van der Waals surface area contributed by atoms with Gasteiger partial charge >= 0.3 is 0 Å². The van der Waals surface area contributed by atoms with Crippen LogP contribution in [0.2, 0.25) is 5.02 Å². The summed E-state index contributed by atoms with van der Waals surface area (Å²) < 4.78 is 12.0. The number of hydrogen-bond acceptors (Lipinski definition) is 4. The lowest BCUT2D eigenvalue weighted by molar-refractivity contribution is 0.0714. The first-order chi connectivity index (χ1) is 17.1. The molecule has 0 aliphatic carbocycles. The van der Waals surface area contributed by atoms with Gasteiger partial charge in [0.2, 0.25) is 5.76 Å². The second-order valence-corrected chi connectivity index (χ2v) is 9.13. The molecule has 0 fully saturated rings. The molecule has 3 aromatic carbocycles. The highest BCUT2D eigenvalue weighted by Gasteiger charge is 2.43. The van der Waals surface area contributed by atoms with Crippen molar-refractivity contribution in [2.45, 2.75) is 38.8 Å². The van der Waals surface area contributed by atoms with Crippen LogP contribution in [0.3, 0.4) is 0 Å². The summed E-state index contributed by atoms with van der Waals surface area (Å²) in [6.07, 6.45) is 3.19. The Morgan fingerprint density at radius 3 is 2.60 bits per heavy atom. The first kappa shape index (κ1) is 23.2. The molecule has 2 heterocycles. The predicted octanol–water partition coefficient (Wildman–Crippen LogP) is 6.76. The number of hydrogen-bond donors (Lipinski definition) is 0. The molecule has 0 saturated carbocycles. The highest BCUT2D eigenvalue weighted by molar-refractivity contribution is 6.31. The molecule has 1 aliphatic heterocycles. The number of rotatable bonds is 8. The quantitative estimate of drug-likeness (QED) is 0.257. The molecule has 4 aromatic rings. The van der Waals surface area contributed by atoms with Crippen molar-refractivity contribution in [1.82, 2.24) is 4.90 Å². The van der Waals surface area contributed by atoms with Crippen LogP contribution in [-0.2, 0) is 6.54 Å². The summed E-state index contributed by atoms with van der Waals surface area (Å²) in [5, 5.41) is 1.02. The van der Waals surface area contributed by atoms with Crippen LogP contribution in [0, 0.1) is 0 Å². The standard InChI is InChI=1S/C29H26ClNO4/c1-2-3-8-16-34-21-12-9-11-19(17-21)26-25-27(32)22-13-5-7-15-24(22)35-28(25)29(33)31(26)18-20-10-4-6-14-23(20)30/h4-7,9-15,17,26H,2-3,8,16,18H2,1H3. The van der Waals surface area contributed by atoms with Gasteiger partial charge in [0.05, 0.1) is 23.6 Å². The molecule has 5 rings (SSSR count). The molecular weight excluding hydrogens is 462 g/mol. The number of ether oxygens (including phenoxy) is 1. The predicted molar refractivity (Wildman–Crippen MR) is 137 cm³/mol. The number of carbonyl (C=O) groups is 1. The maximum atomic E-state index is 13.6. The topological polar surface area (TPSA) is 59.8 Å². The van der Waals surface area contributed by atoms with Gasteiger partial charge in [-0.15, -0.1) is 0 Å². The summed E-state index contributed by atoms with van der Waals surface area (Å²) in [6, 6.07) is 21.4. The van der Waals surface area contributed by atoms with Crippen LogP contribution in [0.15, 0.2) is 82.0 Å². The fourth-order valence-electron chi connectivity index (χ4n) is 4.60. The van der Waals surface area contributed by atoms with Crippen molar-refractivity contribution >= 4 is 28.5 Å².